The molecule has 0 radical (unpaired) electrons. The summed E-state index contributed by atoms with van der Waals surface area (Å²) in [6, 6.07) is 15.2. The highest BCUT2D eigenvalue weighted by Gasteiger charge is 2.16. The van der Waals surface area contributed by atoms with E-state index in [-0.39, 0.29) is 11.8 Å². The Kier molecular flexibility index (Phi) is 11.6. The molecular formula is C29H42N8O2. The SMILES string of the molecule is CCCN(C)C(=O)c1ccccc1NCC1=NCCN1.CCN(C)C(=O)c1ccccc1NCC1=NCCN1. The van der Waals surface area contributed by atoms with Crippen LogP contribution in [0.2, 0.25) is 0 Å². The van der Waals surface area contributed by atoms with E-state index in [0.717, 1.165) is 62.2 Å². The van der Waals surface area contributed by atoms with E-state index in [9.17, 15) is 9.59 Å². The molecule has 0 spiro atoms. The Morgan fingerprint density at radius 2 is 1.23 bits per heavy atom. The van der Waals surface area contributed by atoms with E-state index >= 15 is 0 Å². The molecule has 2 aliphatic rings. The first-order valence-corrected chi connectivity index (χ1v) is 13.7. The topological polar surface area (TPSA) is 113 Å². The Labute approximate surface area is 232 Å². The molecule has 0 unspecified atom stereocenters. The number of nitrogens with zero attached hydrogens (tertiary/aromatic N) is 4. The quantitative estimate of drug-likeness (QED) is 0.353. The molecule has 39 heavy (non-hydrogen) atoms. The van der Waals surface area contributed by atoms with Crippen molar-refractivity contribution < 1.29 is 9.59 Å². The van der Waals surface area contributed by atoms with Crippen molar-refractivity contribution >= 4 is 34.9 Å². The Morgan fingerprint density at radius 3 is 1.64 bits per heavy atom. The molecule has 2 aliphatic heterocycles. The maximum absolute atomic E-state index is 12.4. The van der Waals surface area contributed by atoms with Gasteiger partial charge in [0.05, 0.1) is 37.3 Å². The summed E-state index contributed by atoms with van der Waals surface area (Å²) >= 11 is 0. The van der Waals surface area contributed by atoms with Gasteiger partial charge in [-0.1, -0.05) is 31.2 Å². The lowest BCUT2D eigenvalue weighted by atomic mass is 10.1. The van der Waals surface area contributed by atoms with Crippen molar-refractivity contribution in [3.63, 3.8) is 0 Å². The van der Waals surface area contributed by atoms with Gasteiger partial charge in [-0.3, -0.25) is 19.6 Å². The van der Waals surface area contributed by atoms with Crippen LogP contribution in [0.1, 0.15) is 41.0 Å². The van der Waals surface area contributed by atoms with Crippen molar-refractivity contribution in [2.45, 2.75) is 20.3 Å². The number of carbonyl (C=O) groups is 2. The minimum atomic E-state index is 0.0342. The van der Waals surface area contributed by atoms with Crippen LogP contribution in [-0.2, 0) is 0 Å². The number of nitrogens with one attached hydrogen (secondary N) is 4. The van der Waals surface area contributed by atoms with Gasteiger partial charge in [0.1, 0.15) is 11.7 Å². The molecule has 0 aromatic heterocycles. The molecule has 4 rings (SSSR count). The van der Waals surface area contributed by atoms with Gasteiger partial charge in [-0.05, 0) is 37.6 Å². The molecule has 210 valence electrons. The van der Waals surface area contributed by atoms with E-state index < -0.39 is 0 Å². The van der Waals surface area contributed by atoms with Crippen molar-refractivity contribution in [3.05, 3.63) is 59.7 Å². The zero-order valence-electron chi connectivity index (χ0n) is 23.6. The number of rotatable bonds is 11. The zero-order valence-corrected chi connectivity index (χ0v) is 23.6. The van der Waals surface area contributed by atoms with Gasteiger partial charge < -0.3 is 31.1 Å². The van der Waals surface area contributed by atoms with Crippen molar-refractivity contribution in [2.75, 3.05) is 77.1 Å². The minimum Gasteiger partial charge on any atom is -0.377 e. The normalized spacial score (nSPS) is 13.6. The van der Waals surface area contributed by atoms with Gasteiger partial charge in [-0.25, -0.2) is 0 Å². The van der Waals surface area contributed by atoms with Crippen molar-refractivity contribution in [2.24, 2.45) is 9.98 Å². The average Bonchev–Trinajstić information content (AvgIpc) is 3.69. The van der Waals surface area contributed by atoms with Gasteiger partial charge in [-0.2, -0.15) is 0 Å². The molecule has 2 amide bonds. The van der Waals surface area contributed by atoms with Gasteiger partial charge in [0.25, 0.3) is 11.8 Å². The molecule has 0 bridgehead atoms. The number of amidine groups is 2. The minimum absolute atomic E-state index is 0.0342. The molecule has 0 saturated heterocycles. The summed E-state index contributed by atoms with van der Waals surface area (Å²) in [5.74, 6) is 1.99. The van der Waals surface area contributed by atoms with Gasteiger partial charge in [0.15, 0.2) is 0 Å². The van der Waals surface area contributed by atoms with Gasteiger partial charge in [0, 0.05) is 51.6 Å². The molecule has 2 aromatic carbocycles. The smallest absolute Gasteiger partial charge is 0.255 e. The molecule has 4 N–H and O–H groups in total. The largest absolute Gasteiger partial charge is 0.377 e. The van der Waals surface area contributed by atoms with Gasteiger partial charge in [0.2, 0.25) is 0 Å². The molecule has 0 aliphatic carbocycles. The van der Waals surface area contributed by atoms with Crippen molar-refractivity contribution in [1.29, 1.82) is 0 Å². The van der Waals surface area contributed by atoms with Crippen LogP contribution in [0.25, 0.3) is 0 Å². The van der Waals surface area contributed by atoms with Crippen LogP contribution in [0, 0.1) is 0 Å². The van der Waals surface area contributed by atoms with Crippen LogP contribution in [-0.4, -0.2) is 99.7 Å². The second kappa shape index (κ2) is 15.4. The summed E-state index contributed by atoms with van der Waals surface area (Å²) in [7, 11) is 3.65. The Hall–Kier alpha value is -4.08. The fourth-order valence-electron chi connectivity index (χ4n) is 4.13. The van der Waals surface area contributed by atoms with Gasteiger partial charge in [-0.15, -0.1) is 0 Å². The first-order valence-electron chi connectivity index (χ1n) is 13.7. The predicted octanol–water partition coefficient (Wildman–Crippen LogP) is 2.77. The number of hydrogen-bond donors (Lipinski definition) is 4. The summed E-state index contributed by atoms with van der Waals surface area (Å²) in [5, 5.41) is 13.0. The van der Waals surface area contributed by atoms with Crippen molar-refractivity contribution in [3.8, 4) is 0 Å². The Bertz CT molecular complexity index is 1160. The zero-order chi connectivity index (χ0) is 28.0. The highest BCUT2D eigenvalue weighted by atomic mass is 16.2. The number of amides is 2. The fraction of sp³-hybridized carbons (Fsp3) is 0.448. The maximum atomic E-state index is 12.4. The molecular weight excluding hydrogens is 492 g/mol. The third-order valence-corrected chi connectivity index (χ3v) is 6.42. The summed E-state index contributed by atoms with van der Waals surface area (Å²) < 4.78 is 0. The summed E-state index contributed by atoms with van der Waals surface area (Å²) in [5.41, 5.74) is 3.12. The van der Waals surface area contributed by atoms with Crippen LogP contribution in [0.15, 0.2) is 58.5 Å². The fourth-order valence-corrected chi connectivity index (χ4v) is 4.13. The number of hydrogen-bond acceptors (Lipinski definition) is 8. The monoisotopic (exact) mass is 534 g/mol. The lowest BCUT2D eigenvalue weighted by Crippen LogP contribution is -2.29. The first kappa shape index (κ1) is 29.5. The molecule has 10 nitrogen and oxygen atoms in total. The highest BCUT2D eigenvalue weighted by Crippen LogP contribution is 2.18. The number of benzene rings is 2. The van der Waals surface area contributed by atoms with E-state index in [2.05, 4.69) is 38.2 Å². The molecule has 0 atom stereocenters. The Morgan fingerprint density at radius 1 is 0.769 bits per heavy atom. The molecule has 2 aromatic rings. The summed E-state index contributed by atoms with van der Waals surface area (Å²) in [4.78, 5) is 36.7. The lowest BCUT2D eigenvalue weighted by Gasteiger charge is -2.18. The molecule has 0 saturated carbocycles. The average molecular weight is 535 g/mol. The first-order chi connectivity index (χ1) is 18.9. The molecule has 0 fully saturated rings. The standard InChI is InChI=1S/C15H22N4O.C14H20N4O/c1-3-10-19(2)15(20)12-6-4-5-7-13(12)18-11-14-16-8-9-17-14;1-3-18(2)14(19)11-6-4-5-7-12(11)17-10-13-15-8-9-16-13/h4-7,18H,3,8-11H2,1-2H3,(H,16,17);4-7,17H,3,8-10H2,1-2H3,(H,15,16). The van der Waals surface area contributed by atoms with E-state index in [1.807, 2.05) is 69.6 Å². The highest BCUT2D eigenvalue weighted by molar-refractivity contribution is 6.01. The third kappa shape index (κ3) is 8.73. The van der Waals surface area contributed by atoms with Crippen molar-refractivity contribution in [1.82, 2.24) is 20.4 Å². The number of aliphatic imine (C=N–C) groups is 2. The van der Waals surface area contributed by atoms with E-state index in [1.165, 1.54) is 0 Å². The number of para-hydroxylation sites is 2. The second-order valence-electron chi connectivity index (χ2n) is 9.35. The number of anilines is 2. The van der Waals surface area contributed by atoms with Crippen LogP contribution in [0.4, 0.5) is 11.4 Å². The maximum Gasteiger partial charge on any atom is 0.255 e. The predicted molar refractivity (Wildman–Crippen MR) is 160 cm³/mol. The molecule has 2 heterocycles. The van der Waals surface area contributed by atoms with Crippen LogP contribution >= 0.6 is 0 Å². The van der Waals surface area contributed by atoms with E-state index in [0.29, 0.717) is 30.8 Å². The summed E-state index contributed by atoms with van der Waals surface area (Å²) in [6.45, 7) is 10.2. The summed E-state index contributed by atoms with van der Waals surface area (Å²) in [6.07, 6.45) is 0.957. The Balaban J connectivity index is 0.000000216. The van der Waals surface area contributed by atoms with Crippen LogP contribution in [0.3, 0.4) is 0 Å². The van der Waals surface area contributed by atoms with Crippen LogP contribution < -0.4 is 21.3 Å². The lowest BCUT2D eigenvalue weighted by molar-refractivity contribution is 0.0791. The van der Waals surface area contributed by atoms with Crippen LogP contribution in [0.5, 0.6) is 0 Å². The van der Waals surface area contributed by atoms with E-state index in [1.54, 1.807) is 9.80 Å². The van der Waals surface area contributed by atoms with Gasteiger partial charge >= 0.3 is 0 Å². The number of carbonyl (C=O) groups excluding carboxylic acids is 2. The second-order valence-corrected chi connectivity index (χ2v) is 9.35. The third-order valence-electron chi connectivity index (χ3n) is 6.42. The molecule has 10 heteroatoms. The van der Waals surface area contributed by atoms with E-state index in [4.69, 9.17) is 0 Å².